The van der Waals surface area contributed by atoms with Gasteiger partial charge < -0.3 is 14.8 Å². The van der Waals surface area contributed by atoms with Gasteiger partial charge in [-0.05, 0) is 66.4 Å². The summed E-state index contributed by atoms with van der Waals surface area (Å²) < 4.78 is 47.9. The van der Waals surface area contributed by atoms with Crippen LogP contribution in [0.5, 0.6) is 0 Å². The number of amides is 1. The Morgan fingerprint density at radius 3 is 2.35 bits per heavy atom. The summed E-state index contributed by atoms with van der Waals surface area (Å²) in [5, 5.41) is 14.3. The van der Waals surface area contributed by atoms with Gasteiger partial charge in [0.15, 0.2) is 5.76 Å². The van der Waals surface area contributed by atoms with E-state index in [1.807, 2.05) is 56.3 Å². The number of nitrogens with zero attached hydrogens (tertiary/aromatic N) is 1. The number of alkyl halides is 3. The Labute approximate surface area is 229 Å². The van der Waals surface area contributed by atoms with Gasteiger partial charge in [0.2, 0.25) is 11.5 Å². The molecule has 0 saturated heterocycles. The third-order valence-corrected chi connectivity index (χ3v) is 6.98. The van der Waals surface area contributed by atoms with Crippen molar-refractivity contribution in [1.82, 2.24) is 10.3 Å². The highest BCUT2D eigenvalue weighted by Crippen LogP contribution is 2.45. The lowest BCUT2D eigenvalue weighted by Crippen LogP contribution is -2.43. The van der Waals surface area contributed by atoms with E-state index in [1.165, 1.54) is 18.5 Å². The molecule has 0 radical (unpaired) electrons. The van der Waals surface area contributed by atoms with Crippen molar-refractivity contribution in [3.63, 3.8) is 0 Å². The molecule has 5 aromatic rings. The molecule has 40 heavy (non-hydrogen) atoms. The first-order chi connectivity index (χ1) is 19.1. The lowest BCUT2D eigenvalue weighted by molar-refractivity contribution is -0.253. The minimum atomic E-state index is -5.05. The van der Waals surface area contributed by atoms with Crippen molar-refractivity contribution in [2.45, 2.75) is 38.1 Å². The van der Waals surface area contributed by atoms with Crippen LogP contribution >= 0.6 is 0 Å². The van der Waals surface area contributed by atoms with Gasteiger partial charge in [0.1, 0.15) is 5.58 Å². The maximum atomic E-state index is 14.1. The summed E-state index contributed by atoms with van der Waals surface area (Å²) in [6.45, 7) is 4.01. The number of carbonyl (C=O) groups excluding carboxylic acids is 1. The summed E-state index contributed by atoms with van der Waals surface area (Å²) >= 11 is 0. The van der Waals surface area contributed by atoms with E-state index in [0.29, 0.717) is 10.9 Å². The van der Waals surface area contributed by atoms with E-state index < -0.39 is 23.1 Å². The number of pyridine rings is 1. The van der Waals surface area contributed by atoms with E-state index >= 15 is 0 Å². The highest BCUT2D eigenvalue weighted by Gasteiger charge is 2.58. The number of carbonyl (C=O) groups is 1. The Kier molecular flexibility index (Phi) is 7.21. The first-order valence-electron chi connectivity index (χ1n) is 12.7. The quantitative estimate of drug-likeness (QED) is 0.239. The van der Waals surface area contributed by atoms with Crippen LogP contribution in [0.15, 0.2) is 102 Å². The minimum Gasteiger partial charge on any atom is -0.457 e. The normalized spacial score (nSPS) is 14.1. The molecule has 204 valence electrons. The van der Waals surface area contributed by atoms with Gasteiger partial charge in [0, 0.05) is 23.3 Å². The summed E-state index contributed by atoms with van der Waals surface area (Å²) in [5.74, 6) is -0.915. The van der Waals surface area contributed by atoms with Crippen LogP contribution in [0, 0.1) is 13.8 Å². The van der Waals surface area contributed by atoms with E-state index in [-0.39, 0.29) is 24.0 Å². The average Bonchev–Trinajstić information content (AvgIpc) is 3.36. The summed E-state index contributed by atoms with van der Waals surface area (Å²) in [6, 6.07) is 23.4. The van der Waals surface area contributed by atoms with Gasteiger partial charge in [-0.15, -0.1) is 0 Å². The molecule has 2 N–H and O–H groups in total. The van der Waals surface area contributed by atoms with Crippen molar-refractivity contribution in [3.05, 3.63) is 136 Å². The van der Waals surface area contributed by atoms with E-state index in [9.17, 15) is 23.1 Å². The predicted octanol–water partition coefficient (Wildman–Crippen LogP) is 6.69. The SMILES string of the molecule is Cc1ccc(C(NC(=O)Cc2ccc3oc(C(O)(c4ccncc4)C(F)(F)F)cc3c2)c2ccccc2)c(C)c1. The van der Waals surface area contributed by atoms with Gasteiger partial charge in [0.25, 0.3) is 0 Å². The number of nitrogens with one attached hydrogen (secondary N) is 1. The van der Waals surface area contributed by atoms with Crippen molar-refractivity contribution < 1.29 is 27.5 Å². The Balaban J connectivity index is 1.43. The molecule has 0 aliphatic carbocycles. The first-order valence-corrected chi connectivity index (χ1v) is 12.7. The highest BCUT2D eigenvalue weighted by molar-refractivity contribution is 5.83. The second-order valence-corrected chi connectivity index (χ2v) is 9.87. The predicted molar refractivity (Wildman–Crippen MR) is 146 cm³/mol. The van der Waals surface area contributed by atoms with Gasteiger partial charge in [-0.25, -0.2) is 0 Å². The van der Waals surface area contributed by atoms with E-state index in [0.717, 1.165) is 40.5 Å². The van der Waals surface area contributed by atoms with Gasteiger partial charge in [-0.3, -0.25) is 9.78 Å². The zero-order chi connectivity index (χ0) is 28.5. The van der Waals surface area contributed by atoms with Crippen LogP contribution in [0.3, 0.4) is 0 Å². The van der Waals surface area contributed by atoms with Gasteiger partial charge in [-0.1, -0.05) is 60.2 Å². The largest absolute Gasteiger partial charge is 0.457 e. The van der Waals surface area contributed by atoms with E-state index in [2.05, 4.69) is 16.4 Å². The van der Waals surface area contributed by atoms with Crippen molar-refractivity contribution in [1.29, 1.82) is 0 Å². The lowest BCUT2D eigenvalue weighted by Gasteiger charge is -2.28. The summed E-state index contributed by atoms with van der Waals surface area (Å²) in [5.41, 5.74) is 1.05. The topological polar surface area (TPSA) is 75.4 Å². The molecule has 2 aromatic heterocycles. The third-order valence-electron chi connectivity index (χ3n) is 6.98. The van der Waals surface area contributed by atoms with E-state index in [4.69, 9.17) is 4.42 Å². The molecule has 2 atom stereocenters. The number of aryl methyl sites for hydroxylation is 2. The molecule has 0 aliphatic rings. The van der Waals surface area contributed by atoms with Gasteiger partial charge in [0.05, 0.1) is 12.5 Å². The number of aromatic nitrogens is 1. The Bertz CT molecular complexity index is 1650. The van der Waals surface area contributed by atoms with Crippen LogP contribution in [0.2, 0.25) is 0 Å². The number of benzene rings is 3. The molecule has 0 bridgehead atoms. The summed E-state index contributed by atoms with van der Waals surface area (Å²) in [6.07, 6.45) is -2.71. The molecular weight excluding hydrogens is 517 g/mol. The molecule has 1 amide bonds. The van der Waals surface area contributed by atoms with Gasteiger partial charge >= 0.3 is 6.18 Å². The third kappa shape index (κ3) is 5.22. The summed E-state index contributed by atoms with van der Waals surface area (Å²) in [7, 11) is 0. The smallest absolute Gasteiger partial charge is 0.428 e. The summed E-state index contributed by atoms with van der Waals surface area (Å²) in [4.78, 5) is 17.0. The number of hydrogen-bond donors (Lipinski definition) is 2. The van der Waals surface area contributed by atoms with Crippen LogP contribution in [0.25, 0.3) is 11.0 Å². The Hall–Kier alpha value is -4.43. The van der Waals surface area contributed by atoms with Crippen molar-refractivity contribution in [3.8, 4) is 0 Å². The number of fused-ring (bicyclic) bond motifs is 1. The standard InChI is InChI=1S/C32H27F3N2O3/c1-20-8-10-26(21(2)16-20)30(23-6-4-3-5-7-23)37-29(38)18-22-9-11-27-24(17-22)19-28(40-27)31(39,32(33,34)35)25-12-14-36-15-13-25/h3-17,19,30,39H,18H2,1-2H3,(H,37,38). The van der Waals surface area contributed by atoms with Crippen LogP contribution in [0.4, 0.5) is 13.2 Å². The molecule has 8 heteroatoms. The molecule has 0 fully saturated rings. The number of hydrogen-bond acceptors (Lipinski definition) is 4. The number of furan rings is 1. The van der Waals surface area contributed by atoms with Crippen molar-refractivity contribution in [2.75, 3.05) is 0 Å². The molecule has 3 aromatic carbocycles. The second kappa shape index (κ2) is 10.6. The molecule has 5 rings (SSSR count). The molecule has 0 spiro atoms. The zero-order valence-corrected chi connectivity index (χ0v) is 21.9. The fraction of sp³-hybridized carbons (Fsp3) is 0.188. The fourth-order valence-electron chi connectivity index (χ4n) is 4.95. The molecule has 5 nitrogen and oxygen atoms in total. The fourth-order valence-corrected chi connectivity index (χ4v) is 4.95. The monoisotopic (exact) mass is 544 g/mol. The van der Waals surface area contributed by atoms with Crippen molar-refractivity contribution in [2.24, 2.45) is 0 Å². The lowest BCUT2D eigenvalue weighted by atomic mass is 9.91. The molecule has 0 aliphatic heterocycles. The highest BCUT2D eigenvalue weighted by atomic mass is 19.4. The van der Waals surface area contributed by atoms with Crippen molar-refractivity contribution >= 4 is 16.9 Å². The van der Waals surface area contributed by atoms with Gasteiger partial charge in [-0.2, -0.15) is 13.2 Å². The maximum absolute atomic E-state index is 14.1. The Morgan fingerprint density at radius 2 is 1.68 bits per heavy atom. The average molecular weight is 545 g/mol. The number of aliphatic hydroxyl groups is 1. The number of rotatable bonds is 7. The van der Waals surface area contributed by atoms with Crippen LogP contribution in [-0.2, 0) is 16.8 Å². The van der Waals surface area contributed by atoms with Crippen LogP contribution in [0.1, 0.15) is 45.2 Å². The zero-order valence-electron chi connectivity index (χ0n) is 21.9. The Morgan fingerprint density at radius 1 is 0.950 bits per heavy atom. The first kappa shape index (κ1) is 27.1. The van der Waals surface area contributed by atoms with Crippen LogP contribution in [-0.4, -0.2) is 22.2 Å². The molecule has 2 unspecified atom stereocenters. The molecule has 2 heterocycles. The molecule has 0 saturated carbocycles. The molecular formula is C32H27F3N2O3. The second-order valence-electron chi connectivity index (χ2n) is 9.87. The van der Waals surface area contributed by atoms with Crippen LogP contribution < -0.4 is 5.32 Å². The number of halogens is 3. The maximum Gasteiger partial charge on any atom is 0.428 e. The van der Waals surface area contributed by atoms with E-state index in [1.54, 1.807) is 12.1 Å². The minimum absolute atomic E-state index is 0.00140.